The van der Waals surface area contributed by atoms with Gasteiger partial charge in [-0.3, -0.25) is 9.59 Å². The second-order valence-electron chi connectivity index (χ2n) is 19.8. The number of methoxy groups -OCH3 is 1. The first-order valence-electron chi connectivity index (χ1n) is 24.4. The lowest BCUT2D eigenvalue weighted by atomic mass is 9.85. The molecule has 5 heterocycles. The maximum atomic E-state index is 14.4. The first-order valence-corrected chi connectivity index (χ1v) is 24.4. The number of aliphatic hydroxyl groups is 1. The SMILES string of the molecule is C=Cc1c2[nH]c(c1C)/C=C1\N/C(=C3\c4[nH]c(c(C)c4C(=O)[C@@H]3C(=O)OC)/C=c3\[nH]/c(c(C)c3CC)=C\2)[C@@H](CCC(O)OC/C=C(\C)CCC[C@H](C)CCC[C@H](C)CCCC(C)C)[C@@H]1C. The Kier molecular flexibility index (Phi) is 16.5. The van der Waals surface area contributed by atoms with Gasteiger partial charge in [0.25, 0.3) is 0 Å². The number of carbonyl (C=O) groups is 2. The van der Waals surface area contributed by atoms with Gasteiger partial charge in [0.2, 0.25) is 0 Å². The maximum Gasteiger partial charge on any atom is 0.321 e. The van der Waals surface area contributed by atoms with Crippen molar-refractivity contribution in [1.29, 1.82) is 0 Å². The zero-order valence-electron chi connectivity index (χ0n) is 40.9. The van der Waals surface area contributed by atoms with Crippen molar-refractivity contribution in [2.45, 2.75) is 153 Å². The van der Waals surface area contributed by atoms with Gasteiger partial charge in [-0.25, -0.2) is 0 Å². The van der Waals surface area contributed by atoms with E-state index in [9.17, 15) is 14.7 Å². The van der Waals surface area contributed by atoms with Crippen LogP contribution in [0.3, 0.4) is 0 Å². The molecule has 8 bridgehead atoms. The number of hydrogen-bond donors (Lipinski definition) is 5. The summed E-state index contributed by atoms with van der Waals surface area (Å²) in [5.41, 5.74) is 12.8. The molecule has 2 aliphatic heterocycles. The fourth-order valence-corrected chi connectivity index (χ4v) is 10.5. The average Bonchev–Trinajstić information content (AvgIpc) is 3.99. The monoisotopic (exact) mass is 875 g/mol. The van der Waals surface area contributed by atoms with E-state index in [2.05, 4.69) is 113 Å². The highest BCUT2D eigenvalue weighted by Gasteiger charge is 2.48. The Balaban J connectivity index is 1.21. The Labute approximate surface area is 383 Å². The number of ketones is 1. The zero-order valence-corrected chi connectivity index (χ0v) is 40.9. The molecule has 1 aliphatic carbocycles. The molecule has 9 heteroatoms. The molecule has 3 aromatic heterocycles. The molecule has 0 radical (unpaired) electrons. The Hall–Kier alpha value is -4.60. The third kappa shape index (κ3) is 10.7. The topological polar surface area (TPSA) is 132 Å². The number of aromatic nitrogens is 3. The van der Waals surface area contributed by atoms with Crippen molar-refractivity contribution >= 4 is 41.6 Å². The number of hydrogen-bond acceptors (Lipinski definition) is 6. The Morgan fingerprint density at radius 2 is 1.52 bits per heavy atom. The molecule has 0 saturated carbocycles. The summed E-state index contributed by atoms with van der Waals surface area (Å²) in [6.45, 7) is 26.6. The number of allylic oxidation sites excluding steroid dienone is 3. The Morgan fingerprint density at radius 1 is 0.859 bits per heavy atom. The predicted octanol–water partition coefficient (Wildman–Crippen LogP) is 10.9. The van der Waals surface area contributed by atoms with Crippen molar-refractivity contribution in [1.82, 2.24) is 20.3 Å². The van der Waals surface area contributed by atoms with E-state index in [1.807, 2.05) is 13.0 Å². The second-order valence-corrected chi connectivity index (χ2v) is 19.8. The highest BCUT2D eigenvalue weighted by atomic mass is 16.6. The molecule has 3 aromatic rings. The van der Waals surface area contributed by atoms with Gasteiger partial charge in [0, 0.05) is 67.7 Å². The van der Waals surface area contributed by atoms with Gasteiger partial charge < -0.3 is 34.8 Å². The van der Waals surface area contributed by atoms with E-state index in [4.69, 9.17) is 9.47 Å². The lowest BCUT2D eigenvalue weighted by Gasteiger charge is -2.21. The molecule has 348 valence electrons. The van der Waals surface area contributed by atoms with E-state index in [0.717, 1.165) is 98.4 Å². The van der Waals surface area contributed by atoms with Crippen molar-refractivity contribution in [3.05, 3.63) is 96.5 Å². The molecule has 5 N–H and O–H groups in total. The summed E-state index contributed by atoms with van der Waals surface area (Å²) in [5, 5.41) is 17.0. The third-order valence-corrected chi connectivity index (χ3v) is 14.7. The van der Waals surface area contributed by atoms with Gasteiger partial charge in [-0.1, -0.05) is 111 Å². The minimum atomic E-state index is -1.12. The van der Waals surface area contributed by atoms with Crippen molar-refractivity contribution in [3.63, 3.8) is 0 Å². The van der Waals surface area contributed by atoms with Crippen LogP contribution in [0.15, 0.2) is 29.6 Å². The van der Waals surface area contributed by atoms with Crippen LogP contribution in [0, 0.1) is 56.3 Å². The van der Waals surface area contributed by atoms with Gasteiger partial charge >= 0.3 is 5.97 Å². The third-order valence-electron chi connectivity index (χ3n) is 14.7. The second kappa shape index (κ2) is 21.6. The van der Waals surface area contributed by atoms with Gasteiger partial charge in [-0.05, 0) is 118 Å². The molecule has 9 nitrogen and oxygen atoms in total. The normalized spacial score (nSPS) is 22.6. The van der Waals surface area contributed by atoms with E-state index in [-0.39, 0.29) is 17.6 Å². The van der Waals surface area contributed by atoms with Crippen molar-refractivity contribution in [2.75, 3.05) is 13.7 Å². The maximum absolute atomic E-state index is 14.4. The summed E-state index contributed by atoms with van der Waals surface area (Å²) in [7, 11) is 1.34. The van der Waals surface area contributed by atoms with Gasteiger partial charge in [0.15, 0.2) is 12.1 Å². The predicted molar refractivity (Wildman–Crippen MR) is 263 cm³/mol. The molecule has 0 spiro atoms. The Morgan fingerprint density at radius 3 is 2.17 bits per heavy atom. The van der Waals surface area contributed by atoms with Crippen LogP contribution in [0.5, 0.6) is 0 Å². The minimum absolute atomic E-state index is 0.0465. The van der Waals surface area contributed by atoms with Crippen LogP contribution in [-0.2, 0) is 20.7 Å². The molecule has 0 aromatic carbocycles. The summed E-state index contributed by atoms with van der Waals surface area (Å²) >= 11 is 0. The number of carbonyl (C=O) groups excluding carboxylic acids is 2. The smallest absolute Gasteiger partial charge is 0.321 e. The van der Waals surface area contributed by atoms with Crippen LogP contribution in [0.2, 0.25) is 0 Å². The molecule has 64 heavy (non-hydrogen) atoms. The summed E-state index contributed by atoms with van der Waals surface area (Å²) < 4.78 is 11.3. The fraction of sp³-hybridized carbons (Fsp3) is 0.564. The summed E-state index contributed by atoms with van der Waals surface area (Å²) in [4.78, 5) is 39.0. The number of rotatable bonds is 21. The van der Waals surface area contributed by atoms with Crippen LogP contribution in [0.1, 0.15) is 180 Å². The number of H-pyrrole nitrogens is 3. The zero-order chi connectivity index (χ0) is 46.4. The lowest BCUT2D eigenvalue weighted by Crippen LogP contribution is -2.25. The van der Waals surface area contributed by atoms with Gasteiger partial charge in [0.1, 0.15) is 5.92 Å². The molecule has 0 amide bonds. The quantitative estimate of drug-likeness (QED) is 0.0313. The minimum Gasteiger partial charge on any atom is -0.468 e. The number of fused-ring (bicyclic) bond motifs is 7. The first-order chi connectivity index (χ1) is 30.6. The number of aromatic amines is 3. The Bertz CT molecular complexity index is 2400. The molecule has 6 atom stereocenters. The summed E-state index contributed by atoms with van der Waals surface area (Å²) in [5.74, 6) is 0.181. The fourth-order valence-electron chi connectivity index (χ4n) is 10.5. The standard InChI is InChI=1S/C55H78N4O5/c1-13-39-35(8)42-28-44-37(10)41(24-25-48(60)64-27-26-34(7)23-17-22-33(6)21-16-20-32(5)19-15-18-31(3)4)52(58-44)50-51(55(62)63-12)54(61)49-38(11)45(59-53(49)50)30-47-40(14-2)36(9)43(57-47)29-46(39)56-42/h13,26,28-33,37,41,48,51,56-60H,1,14-25,27H2,2-12H3/b34-26+,43-29-,44-28-,47-30-,52-50-/t32-,33-,37+,41+,48?,51-/m1/s1. The van der Waals surface area contributed by atoms with E-state index >= 15 is 0 Å². The number of aliphatic hydroxyl groups excluding tert-OH is 1. The van der Waals surface area contributed by atoms with Crippen molar-refractivity contribution < 1.29 is 24.2 Å². The van der Waals surface area contributed by atoms with Gasteiger partial charge in [-0.2, -0.15) is 0 Å². The average molecular weight is 875 g/mol. The highest BCUT2D eigenvalue weighted by Crippen LogP contribution is 2.48. The van der Waals surface area contributed by atoms with E-state index in [1.54, 1.807) is 0 Å². The molecule has 6 rings (SSSR count). The number of ether oxygens (including phenoxy) is 2. The lowest BCUT2D eigenvalue weighted by molar-refractivity contribution is -0.141. The first kappa shape index (κ1) is 48.8. The van der Waals surface area contributed by atoms with Crippen LogP contribution in [-0.4, -0.2) is 51.8 Å². The molecule has 3 aliphatic rings. The van der Waals surface area contributed by atoms with Crippen molar-refractivity contribution in [2.24, 2.45) is 35.5 Å². The number of nitrogens with one attached hydrogen (secondary N) is 4. The van der Waals surface area contributed by atoms with E-state index < -0.39 is 18.2 Å². The van der Waals surface area contributed by atoms with Gasteiger partial charge in [0.05, 0.1) is 19.4 Å². The van der Waals surface area contributed by atoms with Crippen molar-refractivity contribution in [3.8, 4) is 0 Å². The van der Waals surface area contributed by atoms with Crippen LogP contribution in [0.4, 0.5) is 0 Å². The van der Waals surface area contributed by atoms with Gasteiger partial charge in [-0.15, -0.1) is 0 Å². The highest BCUT2D eigenvalue weighted by molar-refractivity contribution is 6.24. The van der Waals surface area contributed by atoms with Crippen LogP contribution < -0.4 is 16.0 Å². The summed E-state index contributed by atoms with van der Waals surface area (Å²) in [6.07, 6.45) is 22.6. The summed E-state index contributed by atoms with van der Waals surface area (Å²) in [6, 6.07) is 0. The molecule has 1 unspecified atom stereocenters. The van der Waals surface area contributed by atoms with E-state index in [1.165, 1.54) is 63.2 Å². The molecule has 1 saturated heterocycles. The van der Waals surface area contributed by atoms with Crippen LogP contribution >= 0.6 is 0 Å². The van der Waals surface area contributed by atoms with E-state index in [0.29, 0.717) is 36.3 Å². The number of Topliss-reactive ketones (excluding diaryl/α,β-unsaturated/α-hetero) is 1. The molecule has 1 fully saturated rings. The largest absolute Gasteiger partial charge is 0.468 e. The molecular formula is C55H78N4O5. The van der Waals surface area contributed by atoms with Crippen LogP contribution in [0.25, 0.3) is 29.9 Å². The number of esters is 1. The molecular weight excluding hydrogens is 797 g/mol.